The summed E-state index contributed by atoms with van der Waals surface area (Å²) in [6, 6.07) is 2.11. The third-order valence-electron chi connectivity index (χ3n) is 4.12. The normalized spacial score (nSPS) is 18.6. The summed E-state index contributed by atoms with van der Waals surface area (Å²) < 4.78 is 0. The van der Waals surface area contributed by atoms with Crippen LogP contribution in [0.3, 0.4) is 0 Å². The maximum atomic E-state index is 12.4. The Morgan fingerprint density at radius 1 is 1.55 bits per heavy atom. The minimum absolute atomic E-state index is 0.0404. The molecule has 0 fully saturated rings. The highest BCUT2D eigenvalue weighted by Gasteiger charge is 2.28. The van der Waals surface area contributed by atoms with Crippen molar-refractivity contribution in [2.75, 3.05) is 13.2 Å². The number of carbonyl (C=O) groups is 1. The monoisotopic (exact) mass is 295 g/mol. The first-order chi connectivity index (χ1) is 9.53. The smallest absolute Gasteiger partial charge is 0.227 e. The molecule has 1 aromatic heterocycles. The Labute approximate surface area is 125 Å². The fraction of sp³-hybridized carbons (Fsp3) is 0.688. The Kier molecular flexibility index (Phi) is 5.22. The topological polar surface area (TPSA) is 49.3 Å². The summed E-state index contributed by atoms with van der Waals surface area (Å²) in [6.07, 6.45) is 4.92. The first kappa shape index (κ1) is 15.5. The molecule has 1 aliphatic carbocycles. The molecular formula is C16H25NO2S. The van der Waals surface area contributed by atoms with E-state index in [4.69, 9.17) is 5.11 Å². The minimum Gasteiger partial charge on any atom is -0.396 e. The molecule has 0 saturated carbocycles. The van der Waals surface area contributed by atoms with Gasteiger partial charge in [0.15, 0.2) is 0 Å². The summed E-state index contributed by atoms with van der Waals surface area (Å²) in [4.78, 5) is 13.8. The summed E-state index contributed by atoms with van der Waals surface area (Å²) in [5.41, 5.74) is 1.29. The van der Waals surface area contributed by atoms with Crippen molar-refractivity contribution in [3.63, 3.8) is 0 Å². The third kappa shape index (κ3) is 3.83. The van der Waals surface area contributed by atoms with Gasteiger partial charge in [0.25, 0.3) is 0 Å². The van der Waals surface area contributed by atoms with Crippen molar-refractivity contribution in [2.24, 2.45) is 5.41 Å². The van der Waals surface area contributed by atoms with E-state index in [1.165, 1.54) is 10.4 Å². The number of aliphatic hydroxyl groups excluding tert-OH is 1. The van der Waals surface area contributed by atoms with Gasteiger partial charge in [0.1, 0.15) is 0 Å². The van der Waals surface area contributed by atoms with Gasteiger partial charge in [-0.1, -0.05) is 13.8 Å². The van der Waals surface area contributed by atoms with Crippen LogP contribution in [0.1, 0.15) is 55.9 Å². The van der Waals surface area contributed by atoms with E-state index >= 15 is 0 Å². The molecule has 0 saturated heterocycles. The van der Waals surface area contributed by atoms with E-state index in [2.05, 4.69) is 30.6 Å². The SMILES string of the molecule is CC(C)(CCCO)CNC(=O)C1CCCc2sccc21. The van der Waals surface area contributed by atoms with Crippen LogP contribution in [0.2, 0.25) is 0 Å². The highest BCUT2D eigenvalue weighted by Crippen LogP contribution is 2.35. The number of nitrogens with one attached hydrogen (secondary N) is 1. The zero-order valence-electron chi connectivity index (χ0n) is 12.4. The number of aryl methyl sites for hydroxylation is 1. The second kappa shape index (κ2) is 6.72. The first-order valence-corrected chi connectivity index (χ1v) is 8.36. The Bertz CT molecular complexity index is 453. The van der Waals surface area contributed by atoms with Gasteiger partial charge in [-0.3, -0.25) is 4.79 Å². The molecular weight excluding hydrogens is 270 g/mol. The predicted octanol–water partition coefficient (Wildman–Crippen LogP) is 3.08. The lowest BCUT2D eigenvalue weighted by Gasteiger charge is -2.27. The van der Waals surface area contributed by atoms with Gasteiger partial charge in [0.05, 0.1) is 5.92 Å². The van der Waals surface area contributed by atoms with Gasteiger partial charge >= 0.3 is 0 Å². The second-order valence-electron chi connectivity index (χ2n) is 6.45. The molecule has 4 heteroatoms. The van der Waals surface area contributed by atoms with Crippen LogP contribution in [-0.2, 0) is 11.2 Å². The molecule has 1 heterocycles. The molecule has 1 aromatic rings. The van der Waals surface area contributed by atoms with Crippen LogP contribution < -0.4 is 5.32 Å². The average molecular weight is 295 g/mol. The molecule has 0 aliphatic heterocycles. The number of aliphatic hydroxyl groups is 1. The second-order valence-corrected chi connectivity index (χ2v) is 7.45. The van der Waals surface area contributed by atoms with E-state index in [0.29, 0.717) is 6.54 Å². The zero-order chi connectivity index (χ0) is 14.6. The molecule has 0 spiro atoms. The lowest BCUT2D eigenvalue weighted by molar-refractivity contribution is -0.123. The van der Waals surface area contributed by atoms with Crippen molar-refractivity contribution in [3.05, 3.63) is 21.9 Å². The number of rotatable bonds is 6. The van der Waals surface area contributed by atoms with Gasteiger partial charge < -0.3 is 10.4 Å². The van der Waals surface area contributed by atoms with Crippen LogP contribution in [0.4, 0.5) is 0 Å². The van der Waals surface area contributed by atoms with Crippen molar-refractivity contribution >= 4 is 17.2 Å². The molecule has 3 nitrogen and oxygen atoms in total. The van der Waals surface area contributed by atoms with E-state index in [0.717, 1.165) is 32.1 Å². The molecule has 0 bridgehead atoms. The molecule has 2 N–H and O–H groups in total. The van der Waals surface area contributed by atoms with Crippen LogP contribution in [0.25, 0.3) is 0 Å². The molecule has 1 aliphatic rings. The maximum absolute atomic E-state index is 12.4. The van der Waals surface area contributed by atoms with E-state index in [1.807, 2.05) is 0 Å². The average Bonchev–Trinajstić information content (AvgIpc) is 2.91. The number of fused-ring (bicyclic) bond motifs is 1. The molecule has 112 valence electrons. The number of carbonyl (C=O) groups excluding carboxylic acids is 1. The van der Waals surface area contributed by atoms with E-state index in [9.17, 15) is 4.79 Å². The minimum atomic E-state index is 0.0404. The van der Waals surface area contributed by atoms with Crippen molar-refractivity contribution in [2.45, 2.75) is 51.9 Å². The zero-order valence-corrected chi connectivity index (χ0v) is 13.3. The lowest BCUT2D eigenvalue weighted by Crippen LogP contribution is -2.37. The van der Waals surface area contributed by atoms with Gasteiger partial charge in [-0.2, -0.15) is 0 Å². The largest absolute Gasteiger partial charge is 0.396 e. The van der Waals surface area contributed by atoms with Crippen molar-refractivity contribution < 1.29 is 9.90 Å². The molecule has 0 aromatic carbocycles. The van der Waals surface area contributed by atoms with Gasteiger partial charge in [0.2, 0.25) is 5.91 Å². The van der Waals surface area contributed by atoms with Crippen LogP contribution in [-0.4, -0.2) is 24.2 Å². The standard InChI is InChI=1S/C16H25NO2S/c1-16(2,8-4-9-18)11-17-15(19)13-5-3-6-14-12(13)7-10-20-14/h7,10,13,18H,3-6,8-9,11H2,1-2H3,(H,17,19). The van der Waals surface area contributed by atoms with Gasteiger partial charge in [-0.25, -0.2) is 0 Å². The van der Waals surface area contributed by atoms with Crippen molar-refractivity contribution in [1.82, 2.24) is 5.32 Å². The highest BCUT2D eigenvalue weighted by atomic mass is 32.1. The Balaban J connectivity index is 1.90. The molecule has 20 heavy (non-hydrogen) atoms. The fourth-order valence-corrected chi connectivity index (χ4v) is 3.84. The van der Waals surface area contributed by atoms with Gasteiger partial charge in [-0.15, -0.1) is 11.3 Å². The number of amides is 1. The van der Waals surface area contributed by atoms with Gasteiger partial charge in [0, 0.05) is 18.0 Å². The molecule has 1 unspecified atom stereocenters. The number of hydrogen-bond donors (Lipinski definition) is 2. The van der Waals surface area contributed by atoms with E-state index in [-0.39, 0.29) is 23.8 Å². The third-order valence-corrected chi connectivity index (χ3v) is 5.12. The van der Waals surface area contributed by atoms with E-state index < -0.39 is 0 Å². The number of thiophene rings is 1. The lowest BCUT2D eigenvalue weighted by atomic mass is 9.85. The van der Waals surface area contributed by atoms with Crippen LogP contribution >= 0.6 is 11.3 Å². The van der Waals surface area contributed by atoms with Crippen molar-refractivity contribution in [3.8, 4) is 0 Å². The quantitative estimate of drug-likeness (QED) is 0.847. The maximum Gasteiger partial charge on any atom is 0.227 e. The van der Waals surface area contributed by atoms with Crippen LogP contribution in [0.5, 0.6) is 0 Å². The summed E-state index contributed by atoms with van der Waals surface area (Å²) >= 11 is 1.77. The fourth-order valence-electron chi connectivity index (χ4n) is 2.85. The number of hydrogen-bond acceptors (Lipinski definition) is 3. The Morgan fingerprint density at radius 3 is 3.10 bits per heavy atom. The summed E-state index contributed by atoms with van der Waals surface area (Å²) in [5, 5.41) is 14.1. The van der Waals surface area contributed by atoms with E-state index in [1.54, 1.807) is 11.3 Å². The first-order valence-electron chi connectivity index (χ1n) is 7.48. The summed E-state index contributed by atoms with van der Waals surface area (Å²) in [6.45, 7) is 5.18. The van der Waals surface area contributed by atoms with Crippen LogP contribution in [0, 0.1) is 5.41 Å². The molecule has 1 atom stereocenters. The molecule has 2 rings (SSSR count). The Morgan fingerprint density at radius 2 is 2.35 bits per heavy atom. The Hall–Kier alpha value is -0.870. The summed E-state index contributed by atoms with van der Waals surface area (Å²) in [7, 11) is 0. The summed E-state index contributed by atoms with van der Waals surface area (Å²) in [5.74, 6) is 0.208. The van der Waals surface area contributed by atoms with Crippen LogP contribution in [0.15, 0.2) is 11.4 Å². The van der Waals surface area contributed by atoms with Crippen molar-refractivity contribution in [1.29, 1.82) is 0 Å². The van der Waals surface area contributed by atoms with Gasteiger partial charge in [-0.05, 0) is 54.5 Å². The predicted molar refractivity (Wildman–Crippen MR) is 83.1 cm³/mol. The highest BCUT2D eigenvalue weighted by molar-refractivity contribution is 7.10. The molecule has 1 amide bonds. The molecule has 0 radical (unpaired) electrons.